The molecule has 0 fully saturated rings. The van der Waals surface area contributed by atoms with Crippen LogP contribution in [0.2, 0.25) is 0 Å². The Morgan fingerprint density at radius 3 is 2.14 bits per heavy atom. The van der Waals surface area contributed by atoms with E-state index in [4.69, 9.17) is 5.73 Å². The fraction of sp³-hybridized carbons (Fsp3) is 0.276. The van der Waals surface area contributed by atoms with Crippen LogP contribution in [0.15, 0.2) is 96.4 Å². The van der Waals surface area contributed by atoms with Gasteiger partial charge in [-0.2, -0.15) is 0 Å². The topological polar surface area (TPSA) is 113 Å². The SMILES string of the molecule is CCCC=C(N)CCC(NC(=O)/C(C=O)=C/C=C\N(C)C(c1ccccc1)c1ccccc1)C(=O)O. The number of rotatable bonds is 14. The monoisotopic (exact) mass is 489 g/mol. The second-order valence-corrected chi connectivity index (χ2v) is 8.44. The van der Waals surface area contributed by atoms with Gasteiger partial charge >= 0.3 is 5.97 Å². The average Bonchev–Trinajstić information content (AvgIpc) is 2.88. The summed E-state index contributed by atoms with van der Waals surface area (Å²) in [6.07, 6.45) is 9.24. The number of hydrogen-bond acceptors (Lipinski definition) is 5. The first-order valence-corrected chi connectivity index (χ1v) is 12.0. The van der Waals surface area contributed by atoms with E-state index in [0.717, 1.165) is 24.0 Å². The minimum absolute atomic E-state index is 0.0758. The van der Waals surface area contributed by atoms with Crippen LogP contribution in [0.5, 0.6) is 0 Å². The van der Waals surface area contributed by atoms with Crippen LogP contribution in [0, 0.1) is 0 Å². The van der Waals surface area contributed by atoms with Crippen LogP contribution in [0.1, 0.15) is 49.8 Å². The van der Waals surface area contributed by atoms with E-state index in [9.17, 15) is 19.5 Å². The summed E-state index contributed by atoms with van der Waals surface area (Å²) in [5.74, 6) is -1.93. The van der Waals surface area contributed by atoms with Crippen LogP contribution in [0.25, 0.3) is 0 Å². The molecule has 0 saturated heterocycles. The van der Waals surface area contributed by atoms with Crippen molar-refractivity contribution in [2.45, 2.75) is 44.7 Å². The normalized spacial score (nSPS) is 13.0. The minimum atomic E-state index is -1.18. The van der Waals surface area contributed by atoms with Gasteiger partial charge < -0.3 is 21.1 Å². The number of nitrogens with zero attached hydrogens (tertiary/aromatic N) is 1. The van der Waals surface area contributed by atoms with Crippen LogP contribution in [-0.4, -0.2) is 41.3 Å². The number of carbonyl (C=O) groups excluding carboxylic acids is 2. The molecule has 0 aliphatic carbocycles. The lowest BCUT2D eigenvalue weighted by Gasteiger charge is -2.28. The molecule has 7 nitrogen and oxygen atoms in total. The highest BCUT2D eigenvalue weighted by Crippen LogP contribution is 2.27. The summed E-state index contributed by atoms with van der Waals surface area (Å²) in [4.78, 5) is 37.8. The van der Waals surface area contributed by atoms with Crippen molar-refractivity contribution in [1.29, 1.82) is 0 Å². The van der Waals surface area contributed by atoms with Gasteiger partial charge in [0.05, 0.1) is 11.6 Å². The molecule has 0 spiro atoms. The van der Waals surface area contributed by atoms with Crippen LogP contribution in [0.3, 0.4) is 0 Å². The van der Waals surface area contributed by atoms with E-state index in [1.54, 1.807) is 12.3 Å². The second-order valence-electron chi connectivity index (χ2n) is 8.44. The third-order valence-electron chi connectivity index (χ3n) is 5.64. The molecule has 0 aromatic heterocycles. The van der Waals surface area contributed by atoms with E-state index in [2.05, 4.69) is 5.32 Å². The molecule has 0 radical (unpaired) electrons. The van der Waals surface area contributed by atoms with E-state index < -0.39 is 17.9 Å². The third kappa shape index (κ3) is 8.91. The van der Waals surface area contributed by atoms with Crippen molar-refractivity contribution in [1.82, 2.24) is 10.2 Å². The Labute approximate surface area is 213 Å². The number of benzene rings is 2. The number of carboxylic acid groups (broad SMARTS) is 1. The molecule has 2 aromatic rings. The summed E-state index contributed by atoms with van der Waals surface area (Å²) in [5, 5.41) is 11.9. The number of allylic oxidation sites excluding steroid dienone is 4. The number of hydrogen-bond donors (Lipinski definition) is 3. The zero-order valence-electron chi connectivity index (χ0n) is 20.8. The Kier molecular flexibility index (Phi) is 11.7. The molecular formula is C29H35N3O4. The summed E-state index contributed by atoms with van der Waals surface area (Å²) >= 11 is 0. The van der Waals surface area contributed by atoms with Gasteiger partial charge in [0.15, 0.2) is 6.29 Å². The van der Waals surface area contributed by atoms with Crippen molar-refractivity contribution in [3.05, 3.63) is 107 Å². The van der Waals surface area contributed by atoms with Gasteiger partial charge in [0.25, 0.3) is 5.91 Å². The standard InChI is InChI=1S/C29H35N3O4/c1-3-4-17-25(30)18-19-26(29(35)36)31-28(34)24(21-33)16-11-20-32(2)27(22-12-7-5-8-13-22)23-14-9-6-10-15-23/h5-17,20-21,26-27H,3-4,18-19,30H2,1-2H3,(H,31,34)(H,35,36)/b20-11-,24-16+,25-17?. The summed E-state index contributed by atoms with van der Waals surface area (Å²) in [6, 6.07) is 18.8. The Hall–Kier alpha value is -4.13. The van der Waals surface area contributed by atoms with Gasteiger partial charge in [0, 0.05) is 12.7 Å². The highest BCUT2D eigenvalue weighted by atomic mass is 16.4. The number of aldehydes is 1. The van der Waals surface area contributed by atoms with E-state index in [1.165, 1.54) is 6.08 Å². The zero-order valence-corrected chi connectivity index (χ0v) is 20.8. The summed E-state index contributed by atoms with van der Waals surface area (Å²) < 4.78 is 0. The van der Waals surface area contributed by atoms with Crippen molar-refractivity contribution in [2.24, 2.45) is 5.73 Å². The van der Waals surface area contributed by atoms with Gasteiger partial charge in [0.2, 0.25) is 0 Å². The molecule has 2 rings (SSSR count). The fourth-order valence-electron chi connectivity index (χ4n) is 3.71. The molecule has 7 heteroatoms. The third-order valence-corrected chi connectivity index (χ3v) is 5.64. The van der Waals surface area contributed by atoms with Gasteiger partial charge in [-0.05, 0) is 48.7 Å². The molecule has 2 aromatic carbocycles. The Morgan fingerprint density at radius 2 is 1.64 bits per heavy atom. The number of nitrogens with two attached hydrogens (primary N) is 1. The maximum absolute atomic E-state index is 12.6. The highest BCUT2D eigenvalue weighted by Gasteiger charge is 2.21. The van der Waals surface area contributed by atoms with Gasteiger partial charge in [0.1, 0.15) is 6.04 Å². The first kappa shape index (κ1) is 28.1. The molecule has 1 atom stereocenters. The van der Waals surface area contributed by atoms with Crippen LogP contribution < -0.4 is 11.1 Å². The lowest BCUT2D eigenvalue weighted by Crippen LogP contribution is -2.41. The Balaban J connectivity index is 2.13. The van der Waals surface area contributed by atoms with Gasteiger partial charge in [-0.3, -0.25) is 9.59 Å². The van der Waals surface area contributed by atoms with Crippen molar-refractivity contribution in [3.8, 4) is 0 Å². The van der Waals surface area contributed by atoms with Crippen LogP contribution >= 0.6 is 0 Å². The molecule has 4 N–H and O–H groups in total. The first-order valence-electron chi connectivity index (χ1n) is 12.0. The number of carboxylic acids is 1. The lowest BCUT2D eigenvalue weighted by molar-refractivity contribution is -0.141. The molecule has 0 aliphatic heterocycles. The summed E-state index contributed by atoms with van der Waals surface area (Å²) in [5.41, 5.74) is 8.49. The van der Waals surface area contributed by atoms with Gasteiger partial charge in [-0.1, -0.05) is 80.1 Å². The largest absolute Gasteiger partial charge is 0.480 e. The fourth-order valence-corrected chi connectivity index (χ4v) is 3.71. The maximum atomic E-state index is 12.6. The van der Waals surface area contributed by atoms with Crippen molar-refractivity contribution >= 4 is 18.2 Å². The quantitative estimate of drug-likeness (QED) is 0.120. The lowest BCUT2D eigenvalue weighted by atomic mass is 9.98. The number of nitrogens with one attached hydrogen (secondary N) is 1. The van der Waals surface area contributed by atoms with E-state index in [-0.39, 0.29) is 18.0 Å². The van der Waals surface area contributed by atoms with Crippen molar-refractivity contribution in [2.75, 3.05) is 7.05 Å². The van der Waals surface area contributed by atoms with Crippen molar-refractivity contribution in [3.63, 3.8) is 0 Å². The average molecular weight is 490 g/mol. The molecule has 1 unspecified atom stereocenters. The number of aliphatic carboxylic acids is 1. The molecule has 0 heterocycles. The molecule has 0 saturated carbocycles. The first-order chi connectivity index (χ1) is 17.4. The molecule has 190 valence electrons. The molecule has 1 amide bonds. The Morgan fingerprint density at radius 1 is 1.06 bits per heavy atom. The number of carbonyl (C=O) groups is 3. The molecule has 0 aliphatic rings. The minimum Gasteiger partial charge on any atom is -0.480 e. The highest BCUT2D eigenvalue weighted by molar-refractivity contribution is 6.11. The predicted octanol–water partition coefficient (Wildman–Crippen LogP) is 4.34. The molecule has 36 heavy (non-hydrogen) atoms. The van der Waals surface area contributed by atoms with Gasteiger partial charge in [-0.25, -0.2) is 4.79 Å². The van der Waals surface area contributed by atoms with Crippen molar-refractivity contribution < 1.29 is 19.5 Å². The molecule has 0 bridgehead atoms. The molecular weight excluding hydrogens is 454 g/mol. The van der Waals surface area contributed by atoms with Crippen LogP contribution in [0.4, 0.5) is 0 Å². The van der Waals surface area contributed by atoms with E-state index >= 15 is 0 Å². The number of amides is 1. The number of unbranched alkanes of at least 4 members (excludes halogenated alkanes) is 1. The predicted molar refractivity (Wildman–Crippen MR) is 142 cm³/mol. The van der Waals surface area contributed by atoms with Gasteiger partial charge in [-0.15, -0.1) is 0 Å². The maximum Gasteiger partial charge on any atom is 0.326 e. The second kappa shape index (κ2) is 15.0. The van der Waals surface area contributed by atoms with E-state index in [0.29, 0.717) is 18.4 Å². The smallest absolute Gasteiger partial charge is 0.326 e. The van der Waals surface area contributed by atoms with Crippen LogP contribution in [-0.2, 0) is 14.4 Å². The summed E-state index contributed by atoms with van der Waals surface area (Å²) in [7, 11) is 1.91. The van der Waals surface area contributed by atoms with E-state index in [1.807, 2.05) is 85.6 Å². The zero-order chi connectivity index (χ0) is 26.3. The summed E-state index contributed by atoms with van der Waals surface area (Å²) in [6.45, 7) is 2.02. The Bertz CT molecular complexity index is 1040.